The van der Waals surface area contributed by atoms with Crippen LogP contribution in [0.25, 0.3) is 0 Å². The molecule has 0 aromatic heterocycles. The van der Waals surface area contributed by atoms with E-state index in [0.29, 0.717) is 12.3 Å². The molecule has 3 amide bonds. The van der Waals surface area contributed by atoms with Gasteiger partial charge in [-0.25, -0.2) is 4.99 Å². The van der Waals surface area contributed by atoms with Gasteiger partial charge in [0.15, 0.2) is 0 Å². The molecule has 0 saturated carbocycles. The van der Waals surface area contributed by atoms with Gasteiger partial charge < -0.3 is 10.2 Å². The second-order valence-electron chi connectivity index (χ2n) is 6.93. The van der Waals surface area contributed by atoms with Crippen LogP contribution in [0.15, 0.2) is 70.9 Å². The smallest absolute Gasteiger partial charge is 0.251 e. The number of anilines is 1. The Morgan fingerprint density at radius 3 is 2.74 bits per heavy atom. The number of nitrogens with zero attached hydrogens (tertiary/aromatic N) is 2. The van der Waals surface area contributed by atoms with E-state index in [1.54, 1.807) is 23.1 Å². The maximum atomic E-state index is 12.6. The molecule has 1 aliphatic carbocycles. The van der Waals surface area contributed by atoms with Gasteiger partial charge in [-0.2, -0.15) is 0 Å². The quantitative estimate of drug-likeness (QED) is 0.877. The lowest BCUT2D eigenvalue weighted by molar-refractivity contribution is -0.123. The zero-order chi connectivity index (χ0) is 19.0. The molecule has 0 bridgehead atoms. The van der Waals surface area contributed by atoms with Gasteiger partial charge in [0.25, 0.3) is 5.91 Å². The molecule has 2 unspecified atom stereocenters. The largest absolute Gasteiger partial charge is 0.325 e. The van der Waals surface area contributed by atoms with Crippen molar-refractivity contribution in [1.29, 1.82) is 0 Å². The Bertz CT molecular complexity index is 941. The molecule has 0 radical (unpaired) electrons. The molecule has 1 aromatic rings. The molecular formula is C21H19N3O3. The third-order valence-electron chi connectivity index (χ3n) is 5.00. The van der Waals surface area contributed by atoms with Crippen molar-refractivity contribution < 1.29 is 14.4 Å². The Kier molecular flexibility index (Phi) is 4.32. The van der Waals surface area contributed by atoms with Crippen LogP contribution >= 0.6 is 0 Å². The number of aliphatic imine (C=N–C) groups is 1. The van der Waals surface area contributed by atoms with Gasteiger partial charge in [0.1, 0.15) is 0 Å². The van der Waals surface area contributed by atoms with E-state index in [4.69, 9.17) is 0 Å². The first-order valence-electron chi connectivity index (χ1n) is 8.88. The molecule has 1 N–H and O–H groups in total. The second kappa shape index (κ2) is 6.79. The first kappa shape index (κ1) is 17.1. The lowest BCUT2D eigenvalue weighted by atomic mass is 9.89. The van der Waals surface area contributed by atoms with Crippen molar-refractivity contribution in [3.8, 4) is 0 Å². The van der Waals surface area contributed by atoms with E-state index in [2.05, 4.69) is 10.3 Å². The minimum absolute atomic E-state index is 0.0124. The lowest BCUT2D eigenvalue weighted by Gasteiger charge is -2.25. The van der Waals surface area contributed by atoms with E-state index in [1.165, 1.54) is 0 Å². The Morgan fingerprint density at radius 1 is 1.19 bits per heavy atom. The van der Waals surface area contributed by atoms with Crippen LogP contribution in [0.3, 0.4) is 0 Å². The normalized spacial score (nSPS) is 25.8. The standard InChI is InChI=1S/C21H19N3O3/c1-13-9-19(25)23-18-11-15(7-8-17(13)18)22-21(27)14-10-20(26)24(12-14)16-5-3-2-4-6-16/h2-9,11,14,17H,10,12H2,1H3,(H,23,25). The van der Waals surface area contributed by atoms with Crippen molar-refractivity contribution in [1.82, 2.24) is 5.32 Å². The molecular weight excluding hydrogens is 342 g/mol. The molecule has 6 nitrogen and oxygen atoms in total. The molecule has 136 valence electrons. The molecule has 1 aromatic carbocycles. The van der Waals surface area contributed by atoms with Crippen molar-refractivity contribution in [2.45, 2.75) is 13.3 Å². The molecule has 2 heterocycles. The summed E-state index contributed by atoms with van der Waals surface area (Å²) in [6.07, 6.45) is 7.16. The van der Waals surface area contributed by atoms with E-state index < -0.39 is 5.92 Å². The van der Waals surface area contributed by atoms with Gasteiger partial charge in [-0.1, -0.05) is 29.8 Å². The molecule has 2 aliphatic heterocycles. The van der Waals surface area contributed by atoms with Crippen molar-refractivity contribution >= 4 is 29.1 Å². The fourth-order valence-corrected chi connectivity index (χ4v) is 3.60. The second-order valence-corrected chi connectivity index (χ2v) is 6.93. The maximum Gasteiger partial charge on any atom is 0.251 e. The van der Waals surface area contributed by atoms with Crippen molar-refractivity contribution in [2.24, 2.45) is 16.8 Å². The number of hydrogen-bond acceptors (Lipinski definition) is 3. The van der Waals surface area contributed by atoms with Crippen LogP contribution in [-0.4, -0.2) is 30.0 Å². The van der Waals surface area contributed by atoms with Crippen molar-refractivity contribution in [2.75, 3.05) is 11.4 Å². The fourth-order valence-electron chi connectivity index (χ4n) is 3.60. The molecule has 0 spiro atoms. The number of hydrogen-bond donors (Lipinski definition) is 1. The highest BCUT2D eigenvalue weighted by molar-refractivity contribution is 6.12. The summed E-state index contributed by atoms with van der Waals surface area (Å²) < 4.78 is 0. The van der Waals surface area contributed by atoms with Crippen LogP contribution < -0.4 is 10.2 Å². The van der Waals surface area contributed by atoms with Gasteiger partial charge in [0.2, 0.25) is 11.8 Å². The summed E-state index contributed by atoms with van der Waals surface area (Å²) in [5.41, 5.74) is 2.96. The van der Waals surface area contributed by atoms with E-state index in [-0.39, 0.29) is 30.1 Å². The van der Waals surface area contributed by atoms with E-state index in [9.17, 15) is 14.4 Å². The predicted molar refractivity (Wildman–Crippen MR) is 102 cm³/mol. The molecule has 4 rings (SSSR count). The Hall–Kier alpha value is -3.28. The molecule has 3 aliphatic rings. The zero-order valence-electron chi connectivity index (χ0n) is 14.9. The monoisotopic (exact) mass is 361 g/mol. The predicted octanol–water partition coefficient (Wildman–Crippen LogP) is 2.15. The van der Waals surface area contributed by atoms with Crippen LogP contribution in [0, 0.1) is 11.8 Å². The van der Waals surface area contributed by atoms with Crippen LogP contribution in [-0.2, 0) is 14.4 Å². The third-order valence-corrected chi connectivity index (χ3v) is 5.00. The van der Waals surface area contributed by atoms with E-state index >= 15 is 0 Å². The minimum Gasteiger partial charge on any atom is -0.325 e. The van der Waals surface area contributed by atoms with Gasteiger partial charge >= 0.3 is 0 Å². The van der Waals surface area contributed by atoms with Crippen LogP contribution in [0.4, 0.5) is 5.69 Å². The Morgan fingerprint density at radius 2 is 1.96 bits per heavy atom. The van der Waals surface area contributed by atoms with Crippen molar-refractivity contribution in [3.63, 3.8) is 0 Å². The number of para-hydroxylation sites is 1. The topological polar surface area (TPSA) is 78.8 Å². The van der Waals surface area contributed by atoms with Gasteiger partial charge in [0.05, 0.1) is 11.6 Å². The summed E-state index contributed by atoms with van der Waals surface area (Å²) in [5, 5.41) is 2.80. The summed E-state index contributed by atoms with van der Waals surface area (Å²) in [7, 11) is 0. The van der Waals surface area contributed by atoms with Gasteiger partial charge in [-0.05, 0) is 31.2 Å². The number of rotatable bonds is 2. The van der Waals surface area contributed by atoms with Gasteiger partial charge in [-0.15, -0.1) is 0 Å². The summed E-state index contributed by atoms with van der Waals surface area (Å²) in [6, 6.07) is 9.32. The van der Waals surface area contributed by atoms with E-state index in [1.807, 2.05) is 43.3 Å². The average Bonchev–Trinajstić information content (AvgIpc) is 3.04. The number of carbonyl (C=O) groups is 3. The highest BCUT2D eigenvalue weighted by atomic mass is 16.2. The summed E-state index contributed by atoms with van der Waals surface area (Å²) in [4.78, 5) is 42.4. The zero-order valence-corrected chi connectivity index (χ0v) is 14.9. The highest BCUT2D eigenvalue weighted by Gasteiger charge is 2.35. The Labute approximate surface area is 157 Å². The Balaban J connectivity index is 1.50. The summed E-state index contributed by atoms with van der Waals surface area (Å²) in [6.45, 7) is 2.23. The fraction of sp³-hybridized carbons (Fsp3) is 0.238. The molecule has 1 saturated heterocycles. The van der Waals surface area contributed by atoms with E-state index in [0.717, 1.165) is 17.0 Å². The van der Waals surface area contributed by atoms with Crippen molar-refractivity contribution in [3.05, 3.63) is 65.9 Å². The molecule has 1 fully saturated rings. The number of fused-ring (bicyclic) bond motifs is 1. The number of nitrogens with one attached hydrogen (secondary N) is 1. The lowest BCUT2D eigenvalue weighted by Crippen LogP contribution is -2.32. The van der Waals surface area contributed by atoms with Gasteiger partial charge in [-0.3, -0.25) is 14.4 Å². The molecule has 2 atom stereocenters. The summed E-state index contributed by atoms with van der Waals surface area (Å²) in [5.74, 6) is -1.00. The number of carbonyl (C=O) groups excluding carboxylic acids is 3. The highest BCUT2D eigenvalue weighted by Crippen LogP contribution is 2.28. The number of allylic oxidation sites excluding steroid dienone is 3. The average molecular weight is 361 g/mol. The van der Waals surface area contributed by atoms with Gasteiger partial charge in [0, 0.05) is 36.3 Å². The minimum atomic E-state index is -0.461. The summed E-state index contributed by atoms with van der Waals surface area (Å²) >= 11 is 0. The maximum absolute atomic E-state index is 12.6. The number of benzene rings is 1. The van der Waals surface area contributed by atoms with Crippen LogP contribution in [0.2, 0.25) is 0 Å². The first-order valence-corrected chi connectivity index (χ1v) is 8.88. The third kappa shape index (κ3) is 3.38. The number of amides is 3. The first-order chi connectivity index (χ1) is 13.0. The SMILES string of the molecule is CC1=CC(=O)NC2=CC(=NC(=O)C3CC(=O)N(c4ccccc4)C3)C=CC12. The van der Waals surface area contributed by atoms with Crippen LogP contribution in [0.5, 0.6) is 0 Å². The molecule has 27 heavy (non-hydrogen) atoms. The molecule has 6 heteroatoms. The van der Waals surface area contributed by atoms with Crippen LogP contribution in [0.1, 0.15) is 13.3 Å².